The summed E-state index contributed by atoms with van der Waals surface area (Å²) in [5.74, 6) is 0.656. The predicted octanol–water partition coefficient (Wildman–Crippen LogP) is 3.55. The summed E-state index contributed by atoms with van der Waals surface area (Å²) in [7, 11) is 0. The summed E-state index contributed by atoms with van der Waals surface area (Å²) in [5.41, 5.74) is 5.42. The molecule has 1 aromatic carbocycles. The Balaban J connectivity index is 2.43. The summed E-state index contributed by atoms with van der Waals surface area (Å²) in [6, 6.07) is 5.45. The summed E-state index contributed by atoms with van der Waals surface area (Å²) in [6.07, 6.45) is -2.18. The molecule has 0 amide bonds. The van der Waals surface area contributed by atoms with Crippen molar-refractivity contribution >= 4 is 0 Å². The maximum atomic E-state index is 13.0. The number of nitrogens with zero attached hydrogens (tertiary/aromatic N) is 1. The van der Waals surface area contributed by atoms with Gasteiger partial charge in [-0.15, -0.1) is 0 Å². The smallest absolute Gasteiger partial charge is 0.342 e. The zero-order chi connectivity index (χ0) is 14.8. The van der Waals surface area contributed by atoms with Crippen LogP contribution in [-0.2, 0) is 6.18 Å². The molecule has 3 N–H and O–H groups in total. The summed E-state index contributed by atoms with van der Waals surface area (Å²) >= 11 is 0. The Labute approximate surface area is 115 Å². The number of alkyl halides is 3. The fourth-order valence-electron chi connectivity index (χ4n) is 2.12. The fourth-order valence-corrected chi connectivity index (χ4v) is 2.12. The van der Waals surface area contributed by atoms with Gasteiger partial charge < -0.3 is 10.7 Å². The van der Waals surface area contributed by atoms with Crippen LogP contribution in [0.4, 0.5) is 13.2 Å². The number of aromatic nitrogens is 2. The highest BCUT2D eigenvalue weighted by atomic mass is 19.4. The molecule has 1 unspecified atom stereocenters. The van der Waals surface area contributed by atoms with Crippen molar-refractivity contribution in [2.45, 2.75) is 25.4 Å². The van der Waals surface area contributed by atoms with Crippen molar-refractivity contribution in [3.63, 3.8) is 0 Å². The van der Waals surface area contributed by atoms with Gasteiger partial charge in [0.1, 0.15) is 5.82 Å². The zero-order valence-corrected chi connectivity index (χ0v) is 11.0. The standard InChI is InChI=1S/C14H16F3N3/c1-2-9(7-18)13-19-8-12(20-13)10-5-3-4-6-11(10)14(15,16)17/h3-6,8-9H,2,7,18H2,1H3,(H,19,20). The molecule has 1 atom stereocenters. The van der Waals surface area contributed by atoms with Crippen molar-refractivity contribution in [1.82, 2.24) is 9.97 Å². The first-order valence-corrected chi connectivity index (χ1v) is 6.39. The molecule has 0 fully saturated rings. The largest absolute Gasteiger partial charge is 0.417 e. The molecule has 0 radical (unpaired) electrons. The lowest BCUT2D eigenvalue weighted by molar-refractivity contribution is -0.137. The lowest BCUT2D eigenvalue weighted by atomic mass is 10.0. The van der Waals surface area contributed by atoms with E-state index in [1.165, 1.54) is 18.3 Å². The van der Waals surface area contributed by atoms with Crippen molar-refractivity contribution in [1.29, 1.82) is 0 Å². The van der Waals surface area contributed by atoms with E-state index in [1.54, 1.807) is 6.07 Å². The van der Waals surface area contributed by atoms with E-state index in [0.29, 0.717) is 18.1 Å². The van der Waals surface area contributed by atoms with Gasteiger partial charge in [0.25, 0.3) is 0 Å². The molecule has 1 aromatic heterocycles. The monoisotopic (exact) mass is 283 g/mol. The second-order valence-corrected chi connectivity index (χ2v) is 4.57. The topological polar surface area (TPSA) is 54.7 Å². The fraction of sp³-hybridized carbons (Fsp3) is 0.357. The third-order valence-electron chi connectivity index (χ3n) is 3.28. The third-order valence-corrected chi connectivity index (χ3v) is 3.28. The minimum Gasteiger partial charge on any atom is -0.342 e. The van der Waals surface area contributed by atoms with Crippen molar-refractivity contribution in [3.05, 3.63) is 41.9 Å². The number of aromatic amines is 1. The predicted molar refractivity (Wildman–Crippen MR) is 71.1 cm³/mol. The average Bonchev–Trinajstić information content (AvgIpc) is 2.89. The van der Waals surface area contributed by atoms with Gasteiger partial charge in [-0.2, -0.15) is 13.2 Å². The molecule has 2 aromatic rings. The molecular formula is C14H16F3N3. The van der Waals surface area contributed by atoms with Crippen LogP contribution in [0.25, 0.3) is 11.3 Å². The maximum absolute atomic E-state index is 13.0. The van der Waals surface area contributed by atoms with Crippen LogP contribution >= 0.6 is 0 Å². The third kappa shape index (κ3) is 2.85. The van der Waals surface area contributed by atoms with Crippen LogP contribution < -0.4 is 5.73 Å². The molecule has 6 heteroatoms. The average molecular weight is 283 g/mol. The van der Waals surface area contributed by atoms with Gasteiger partial charge in [-0.05, 0) is 12.5 Å². The number of halogens is 3. The number of nitrogens with one attached hydrogen (secondary N) is 1. The normalized spacial score (nSPS) is 13.4. The highest BCUT2D eigenvalue weighted by Crippen LogP contribution is 2.36. The van der Waals surface area contributed by atoms with E-state index >= 15 is 0 Å². The minimum absolute atomic E-state index is 0.0294. The second-order valence-electron chi connectivity index (χ2n) is 4.57. The lowest BCUT2D eigenvalue weighted by Gasteiger charge is -2.11. The van der Waals surface area contributed by atoms with Crippen LogP contribution in [0, 0.1) is 0 Å². The van der Waals surface area contributed by atoms with Gasteiger partial charge in [0.2, 0.25) is 0 Å². The molecule has 2 rings (SSSR count). The van der Waals surface area contributed by atoms with E-state index in [2.05, 4.69) is 9.97 Å². The number of imidazole rings is 1. The van der Waals surface area contributed by atoms with Gasteiger partial charge in [0.05, 0.1) is 17.5 Å². The van der Waals surface area contributed by atoms with Crippen LogP contribution in [0.2, 0.25) is 0 Å². The van der Waals surface area contributed by atoms with Gasteiger partial charge in [-0.3, -0.25) is 0 Å². The molecular weight excluding hydrogens is 267 g/mol. The van der Waals surface area contributed by atoms with E-state index in [4.69, 9.17) is 5.73 Å². The number of hydrogen-bond acceptors (Lipinski definition) is 2. The molecule has 0 aliphatic heterocycles. The molecule has 0 aliphatic rings. The molecule has 20 heavy (non-hydrogen) atoms. The van der Waals surface area contributed by atoms with Crippen molar-refractivity contribution in [3.8, 4) is 11.3 Å². The number of benzene rings is 1. The van der Waals surface area contributed by atoms with Gasteiger partial charge in [0.15, 0.2) is 0 Å². The van der Waals surface area contributed by atoms with Crippen LogP contribution in [-0.4, -0.2) is 16.5 Å². The van der Waals surface area contributed by atoms with E-state index in [0.717, 1.165) is 12.5 Å². The quantitative estimate of drug-likeness (QED) is 0.901. The van der Waals surface area contributed by atoms with E-state index in [-0.39, 0.29) is 11.5 Å². The first kappa shape index (κ1) is 14.6. The summed E-state index contributed by atoms with van der Waals surface area (Å²) in [5, 5.41) is 0. The summed E-state index contributed by atoms with van der Waals surface area (Å²) < 4.78 is 38.9. The van der Waals surface area contributed by atoms with Gasteiger partial charge in [-0.1, -0.05) is 25.1 Å². The van der Waals surface area contributed by atoms with Crippen LogP contribution in [0.3, 0.4) is 0 Å². The molecule has 0 saturated carbocycles. The maximum Gasteiger partial charge on any atom is 0.417 e. The molecule has 0 saturated heterocycles. The van der Waals surface area contributed by atoms with E-state index < -0.39 is 11.7 Å². The first-order chi connectivity index (χ1) is 9.47. The molecule has 0 aliphatic carbocycles. The highest BCUT2D eigenvalue weighted by Gasteiger charge is 2.33. The minimum atomic E-state index is -4.39. The van der Waals surface area contributed by atoms with Crippen molar-refractivity contribution in [2.75, 3.05) is 6.54 Å². The number of nitrogens with two attached hydrogens (primary N) is 1. The van der Waals surface area contributed by atoms with Gasteiger partial charge >= 0.3 is 6.18 Å². The van der Waals surface area contributed by atoms with E-state index in [9.17, 15) is 13.2 Å². The van der Waals surface area contributed by atoms with E-state index in [1.807, 2.05) is 6.92 Å². The van der Waals surface area contributed by atoms with Gasteiger partial charge in [0, 0.05) is 18.0 Å². The first-order valence-electron chi connectivity index (χ1n) is 6.39. The van der Waals surface area contributed by atoms with Crippen molar-refractivity contribution in [2.24, 2.45) is 5.73 Å². The SMILES string of the molecule is CCC(CN)c1ncc(-c2ccccc2C(F)(F)F)[nH]1. The lowest BCUT2D eigenvalue weighted by Crippen LogP contribution is -2.13. The number of hydrogen-bond donors (Lipinski definition) is 2. The Hall–Kier alpha value is -1.82. The Bertz CT molecular complexity index is 571. The molecule has 0 bridgehead atoms. The van der Waals surface area contributed by atoms with Crippen LogP contribution in [0.1, 0.15) is 30.7 Å². The summed E-state index contributed by atoms with van der Waals surface area (Å²) in [4.78, 5) is 7.11. The Morgan fingerprint density at radius 2 is 2.00 bits per heavy atom. The number of H-pyrrole nitrogens is 1. The molecule has 3 nitrogen and oxygen atoms in total. The Morgan fingerprint density at radius 3 is 2.60 bits per heavy atom. The van der Waals surface area contributed by atoms with Crippen LogP contribution in [0.15, 0.2) is 30.5 Å². The van der Waals surface area contributed by atoms with Crippen molar-refractivity contribution < 1.29 is 13.2 Å². The molecule has 1 heterocycles. The molecule has 0 spiro atoms. The number of rotatable bonds is 4. The Morgan fingerprint density at radius 1 is 1.30 bits per heavy atom. The molecule has 108 valence electrons. The Kier molecular flexibility index (Phi) is 4.13. The van der Waals surface area contributed by atoms with Gasteiger partial charge in [-0.25, -0.2) is 4.98 Å². The van der Waals surface area contributed by atoms with Crippen LogP contribution in [0.5, 0.6) is 0 Å². The zero-order valence-electron chi connectivity index (χ0n) is 11.0. The highest BCUT2D eigenvalue weighted by molar-refractivity contribution is 5.64. The second kappa shape index (κ2) is 5.66. The summed E-state index contributed by atoms with van der Waals surface area (Å²) in [6.45, 7) is 2.37.